The highest BCUT2D eigenvalue weighted by Gasteiger charge is 2.10. The van der Waals surface area contributed by atoms with E-state index in [9.17, 15) is 0 Å². The Morgan fingerprint density at radius 1 is 1.50 bits per heavy atom. The van der Waals surface area contributed by atoms with Crippen LogP contribution in [0, 0.1) is 6.92 Å². The van der Waals surface area contributed by atoms with Crippen LogP contribution in [0.3, 0.4) is 0 Å². The molecule has 0 spiro atoms. The number of ether oxygens (including phenoxy) is 1. The number of hydrogen-bond acceptors (Lipinski definition) is 3. The first-order valence-corrected chi connectivity index (χ1v) is 4.84. The van der Waals surface area contributed by atoms with E-state index in [2.05, 4.69) is 25.8 Å². The van der Waals surface area contributed by atoms with Crippen molar-refractivity contribution >= 4 is 11.3 Å². The van der Waals surface area contributed by atoms with Crippen LogP contribution >= 0.6 is 11.3 Å². The molecule has 0 saturated heterocycles. The molecule has 1 aromatic rings. The van der Waals surface area contributed by atoms with Gasteiger partial charge in [0.15, 0.2) is 0 Å². The molecule has 3 heteroatoms. The van der Waals surface area contributed by atoms with Crippen molar-refractivity contribution in [2.24, 2.45) is 0 Å². The van der Waals surface area contributed by atoms with Crippen molar-refractivity contribution < 1.29 is 4.74 Å². The van der Waals surface area contributed by atoms with E-state index >= 15 is 0 Å². The average Bonchev–Trinajstić information content (AvgIpc) is 2.30. The molecule has 68 valence electrons. The zero-order chi connectivity index (χ0) is 9.19. The fourth-order valence-corrected chi connectivity index (χ4v) is 1.47. The molecule has 0 radical (unpaired) electrons. The molecule has 0 unspecified atom stereocenters. The molecule has 1 rings (SSSR count). The average molecular weight is 185 g/mol. The van der Waals surface area contributed by atoms with Crippen LogP contribution in [-0.2, 0) is 11.3 Å². The summed E-state index contributed by atoms with van der Waals surface area (Å²) in [4.78, 5) is 5.35. The third kappa shape index (κ3) is 3.32. The fourth-order valence-electron chi connectivity index (χ4n) is 0.760. The summed E-state index contributed by atoms with van der Waals surface area (Å²) in [6.07, 6.45) is 1.88. The first-order valence-electron chi connectivity index (χ1n) is 4.03. The molecule has 0 aromatic carbocycles. The van der Waals surface area contributed by atoms with E-state index in [1.54, 1.807) is 11.3 Å². The number of hydrogen-bond donors (Lipinski definition) is 0. The number of rotatable bonds is 2. The molecule has 12 heavy (non-hydrogen) atoms. The second kappa shape index (κ2) is 3.54. The summed E-state index contributed by atoms with van der Waals surface area (Å²) in [6.45, 7) is 8.85. The number of aryl methyl sites for hydroxylation is 1. The molecule has 0 aliphatic heterocycles. The molecule has 0 saturated carbocycles. The molecular weight excluding hydrogens is 170 g/mol. The molecule has 0 amide bonds. The number of nitrogens with zero attached hydrogens (tertiary/aromatic N) is 1. The molecule has 1 aromatic heterocycles. The Labute approximate surface area is 77.6 Å². The largest absolute Gasteiger partial charge is 0.370 e. The van der Waals surface area contributed by atoms with E-state index in [1.165, 1.54) is 4.88 Å². The van der Waals surface area contributed by atoms with Crippen molar-refractivity contribution in [1.29, 1.82) is 0 Å². The van der Waals surface area contributed by atoms with Gasteiger partial charge in [0.25, 0.3) is 0 Å². The zero-order valence-electron chi connectivity index (χ0n) is 8.05. The summed E-state index contributed by atoms with van der Waals surface area (Å²) in [5.41, 5.74) is -0.0576. The predicted octanol–water partition coefficient (Wildman–Crippen LogP) is 2.77. The molecule has 2 nitrogen and oxygen atoms in total. The van der Waals surface area contributed by atoms with Gasteiger partial charge in [-0.3, -0.25) is 0 Å². The summed E-state index contributed by atoms with van der Waals surface area (Å²) in [6, 6.07) is 0. The third-order valence-electron chi connectivity index (χ3n) is 1.32. The molecule has 0 aliphatic carbocycles. The van der Waals surface area contributed by atoms with Gasteiger partial charge in [0.2, 0.25) is 0 Å². The fraction of sp³-hybridized carbons (Fsp3) is 0.667. The maximum atomic E-state index is 5.60. The Morgan fingerprint density at radius 3 is 2.58 bits per heavy atom. The lowest BCUT2D eigenvalue weighted by atomic mass is 10.2. The SMILES string of the molecule is Cc1ncc(COC(C)(C)C)s1. The molecule has 0 aliphatic rings. The molecule has 0 atom stereocenters. The molecule has 0 N–H and O–H groups in total. The highest BCUT2D eigenvalue weighted by molar-refractivity contribution is 7.11. The number of aromatic nitrogens is 1. The van der Waals surface area contributed by atoms with Crippen LogP contribution in [0.25, 0.3) is 0 Å². The minimum absolute atomic E-state index is 0.0576. The van der Waals surface area contributed by atoms with Crippen LogP contribution in [0.4, 0.5) is 0 Å². The monoisotopic (exact) mass is 185 g/mol. The van der Waals surface area contributed by atoms with Gasteiger partial charge in [0.1, 0.15) is 0 Å². The van der Waals surface area contributed by atoms with E-state index in [-0.39, 0.29) is 5.60 Å². The maximum Gasteiger partial charge on any atom is 0.0897 e. The summed E-state index contributed by atoms with van der Waals surface area (Å²) < 4.78 is 5.60. The van der Waals surface area contributed by atoms with Gasteiger partial charge in [-0.05, 0) is 27.7 Å². The Hall–Kier alpha value is -0.410. The molecule has 0 bridgehead atoms. The van der Waals surface area contributed by atoms with Gasteiger partial charge in [-0.1, -0.05) is 0 Å². The maximum absolute atomic E-state index is 5.60. The quantitative estimate of drug-likeness (QED) is 0.706. The van der Waals surface area contributed by atoms with Crippen LogP contribution in [0.2, 0.25) is 0 Å². The van der Waals surface area contributed by atoms with Crippen molar-refractivity contribution in [3.8, 4) is 0 Å². The summed E-state index contributed by atoms with van der Waals surface area (Å²) >= 11 is 1.69. The predicted molar refractivity (Wildman–Crippen MR) is 51.4 cm³/mol. The van der Waals surface area contributed by atoms with E-state index in [0.29, 0.717) is 6.61 Å². The van der Waals surface area contributed by atoms with Crippen LogP contribution in [0.1, 0.15) is 30.7 Å². The molecule has 0 fully saturated rings. The van der Waals surface area contributed by atoms with Crippen LogP contribution in [0.15, 0.2) is 6.20 Å². The van der Waals surface area contributed by atoms with Crippen molar-refractivity contribution in [3.05, 3.63) is 16.1 Å². The second-order valence-corrected chi connectivity index (χ2v) is 5.07. The smallest absolute Gasteiger partial charge is 0.0897 e. The lowest BCUT2D eigenvalue weighted by Crippen LogP contribution is -2.18. The minimum Gasteiger partial charge on any atom is -0.370 e. The minimum atomic E-state index is -0.0576. The lowest BCUT2D eigenvalue weighted by molar-refractivity contribution is -0.0137. The van der Waals surface area contributed by atoms with Gasteiger partial charge in [0, 0.05) is 6.20 Å². The third-order valence-corrected chi connectivity index (χ3v) is 2.20. The Kier molecular flexibility index (Phi) is 2.85. The van der Waals surface area contributed by atoms with Gasteiger partial charge < -0.3 is 4.74 Å². The van der Waals surface area contributed by atoms with E-state index in [4.69, 9.17) is 4.74 Å². The summed E-state index contributed by atoms with van der Waals surface area (Å²) in [5, 5.41) is 1.10. The van der Waals surface area contributed by atoms with Crippen LogP contribution in [-0.4, -0.2) is 10.6 Å². The highest BCUT2D eigenvalue weighted by atomic mass is 32.1. The van der Waals surface area contributed by atoms with E-state index < -0.39 is 0 Å². The Bertz CT molecular complexity index is 249. The van der Waals surface area contributed by atoms with Gasteiger partial charge >= 0.3 is 0 Å². The second-order valence-electron chi connectivity index (χ2n) is 3.75. The summed E-state index contributed by atoms with van der Waals surface area (Å²) in [5.74, 6) is 0. The van der Waals surface area contributed by atoms with Crippen molar-refractivity contribution in [2.75, 3.05) is 0 Å². The zero-order valence-corrected chi connectivity index (χ0v) is 8.86. The van der Waals surface area contributed by atoms with Crippen LogP contribution in [0.5, 0.6) is 0 Å². The van der Waals surface area contributed by atoms with Crippen LogP contribution < -0.4 is 0 Å². The lowest BCUT2D eigenvalue weighted by Gasteiger charge is -2.18. The topological polar surface area (TPSA) is 22.1 Å². The normalized spacial score (nSPS) is 12.0. The van der Waals surface area contributed by atoms with Gasteiger partial charge in [-0.25, -0.2) is 4.98 Å². The first-order chi connectivity index (χ1) is 5.47. The number of thiazole rings is 1. The van der Waals surface area contributed by atoms with Gasteiger partial charge in [-0.15, -0.1) is 11.3 Å². The summed E-state index contributed by atoms with van der Waals surface area (Å²) in [7, 11) is 0. The Morgan fingerprint density at radius 2 is 2.17 bits per heavy atom. The van der Waals surface area contributed by atoms with Gasteiger partial charge in [0.05, 0.1) is 22.1 Å². The van der Waals surface area contributed by atoms with Gasteiger partial charge in [-0.2, -0.15) is 0 Å². The van der Waals surface area contributed by atoms with E-state index in [1.807, 2.05) is 13.1 Å². The first kappa shape index (κ1) is 9.68. The standard InChI is InChI=1S/C9H15NOS/c1-7-10-5-8(12-7)6-11-9(2,3)4/h5H,6H2,1-4H3. The highest BCUT2D eigenvalue weighted by Crippen LogP contribution is 2.16. The van der Waals surface area contributed by atoms with E-state index in [0.717, 1.165) is 5.01 Å². The van der Waals surface area contributed by atoms with Crippen molar-refractivity contribution in [3.63, 3.8) is 0 Å². The molecule has 1 heterocycles. The van der Waals surface area contributed by atoms with Crippen molar-refractivity contribution in [2.45, 2.75) is 39.9 Å². The Balaban J connectivity index is 2.44. The molecular formula is C9H15NOS. The van der Waals surface area contributed by atoms with Crippen molar-refractivity contribution in [1.82, 2.24) is 4.98 Å².